The van der Waals surface area contributed by atoms with E-state index in [1.807, 2.05) is 70.2 Å². The number of hydrogen-bond acceptors (Lipinski definition) is 9. The van der Waals surface area contributed by atoms with Crippen LogP contribution in [0.3, 0.4) is 0 Å². The van der Waals surface area contributed by atoms with Gasteiger partial charge in [-0.25, -0.2) is 13.2 Å². The second-order valence-electron chi connectivity index (χ2n) is 12.3. The van der Waals surface area contributed by atoms with Crippen LogP contribution in [0, 0.1) is 12.3 Å². The zero-order chi connectivity index (χ0) is 41.2. The van der Waals surface area contributed by atoms with Gasteiger partial charge in [-0.05, 0) is 68.9 Å². The third-order valence-electron chi connectivity index (χ3n) is 7.97. The summed E-state index contributed by atoms with van der Waals surface area (Å²) in [6.07, 6.45) is 7.47. The fourth-order valence-corrected chi connectivity index (χ4v) is 5.67. The third kappa shape index (κ3) is 20.1. The van der Waals surface area contributed by atoms with Gasteiger partial charge in [-0.3, -0.25) is 29.0 Å². The molecule has 2 atom stereocenters. The summed E-state index contributed by atoms with van der Waals surface area (Å²) in [4.78, 5) is 54.9. The molecule has 1 heterocycles. The van der Waals surface area contributed by atoms with Crippen LogP contribution in [0.15, 0.2) is 72.3 Å². The first-order valence-corrected chi connectivity index (χ1v) is 19.5. The van der Waals surface area contributed by atoms with E-state index in [-0.39, 0.29) is 43.8 Å². The first-order valence-electron chi connectivity index (χ1n) is 18.4. The summed E-state index contributed by atoms with van der Waals surface area (Å²) >= 11 is -1.65. The van der Waals surface area contributed by atoms with E-state index in [9.17, 15) is 23.4 Å². The number of rotatable bonds is 19. The van der Waals surface area contributed by atoms with Crippen LogP contribution in [-0.2, 0) is 36.8 Å². The van der Waals surface area contributed by atoms with Crippen molar-refractivity contribution in [1.29, 1.82) is 5.41 Å². The van der Waals surface area contributed by atoms with E-state index in [0.717, 1.165) is 22.4 Å². The zero-order valence-electron chi connectivity index (χ0n) is 33.4. The molecule has 1 saturated heterocycles. The summed E-state index contributed by atoms with van der Waals surface area (Å²) in [7, 11) is 4.73. The summed E-state index contributed by atoms with van der Waals surface area (Å²) in [5.74, 6) is -1.08. The number of carbonyl (C=O) groups excluding carboxylic acids is 4. The van der Waals surface area contributed by atoms with Crippen molar-refractivity contribution < 1.29 is 23.4 Å². The number of anilines is 2. The molecule has 0 bridgehead atoms. The van der Waals surface area contributed by atoms with Gasteiger partial charge in [0.25, 0.3) is 0 Å². The molecule has 2 aromatic carbocycles. The van der Waals surface area contributed by atoms with Crippen LogP contribution >= 0.6 is 0 Å². The largest absolute Gasteiger partial charge is 0.351 e. The van der Waals surface area contributed by atoms with Gasteiger partial charge in [0.05, 0.1) is 19.6 Å². The molecule has 0 radical (unpaired) electrons. The molecule has 1 aliphatic heterocycles. The normalized spacial score (nSPS) is 14.4. The number of allylic oxidation sites excluding steroid dienone is 2. The molecular weight excluding hydrogens is 721 g/mol. The highest BCUT2D eigenvalue weighted by atomic mass is 32.2. The number of nitrogens with one attached hydrogen (secondary N) is 6. The maximum atomic E-state index is 13.1. The molecule has 55 heavy (non-hydrogen) atoms. The van der Waals surface area contributed by atoms with Gasteiger partial charge < -0.3 is 32.4 Å². The topological polar surface area (TPSA) is 205 Å². The highest BCUT2D eigenvalue weighted by Crippen LogP contribution is 2.13. The van der Waals surface area contributed by atoms with Crippen LogP contribution in [0.25, 0.3) is 0 Å². The molecule has 0 aromatic heterocycles. The van der Waals surface area contributed by atoms with E-state index in [1.165, 1.54) is 17.6 Å². The summed E-state index contributed by atoms with van der Waals surface area (Å²) in [5, 5.41) is 18.3. The van der Waals surface area contributed by atoms with Gasteiger partial charge in [0, 0.05) is 64.6 Å². The smallest absolute Gasteiger partial charge is 0.239 e. The number of carbonyl (C=O) groups is 4. The Morgan fingerprint density at radius 3 is 1.82 bits per heavy atom. The predicted octanol–water partition coefficient (Wildman–Crippen LogP) is 2.21. The van der Waals surface area contributed by atoms with Gasteiger partial charge in [-0.2, -0.15) is 0 Å². The summed E-state index contributed by atoms with van der Waals surface area (Å²) in [5.41, 5.74) is 8.63. The highest BCUT2D eigenvalue weighted by Gasteiger charge is 2.23. The average Bonchev–Trinajstić information content (AvgIpc) is 3.18. The maximum Gasteiger partial charge on any atom is 0.239 e. The van der Waals surface area contributed by atoms with Gasteiger partial charge in [-0.1, -0.05) is 61.9 Å². The molecule has 304 valence electrons. The van der Waals surface area contributed by atoms with E-state index in [4.69, 9.17) is 5.41 Å². The Labute approximate surface area is 329 Å². The molecule has 8 N–H and O–H groups in total. The lowest BCUT2D eigenvalue weighted by atomic mass is 10.1. The van der Waals surface area contributed by atoms with Crippen molar-refractivity contribution in [2.75, 3.05) is 84.1 Å². The molecule has 1 aliphatic rings. The van der Waals surface area contributed by atoms with Gasteiger partial charge in [-0.15, -0.1) is 0 Å². The number of piperazine rings is 1. The van der Waals surface area contributed by atoms with Crippen molar-refractivity contribution in [3.05, 3.63) is 83.5 Å². The van der Waals surface area contributed by atoms with E-state index in [1.54, 1.807) is 38.4 Å². The molecule has 4 amide bonds. The van der Waals surface area contributed by atoms with E-state index >= 15 is 0 Å². The molecule has 0 spiro atoms. The summed E-state index contributed by atoms with van der Waals surface area (Å²) in [6, 6.07) is 13.8. The lowest BCUT2D eigenvalue weighted by Crippen LogP contribution is -2.50. The second kappa shape index (κ2) is 27.9. The Morgan fingerprint density at radius 1 is 0.836 bits per heavy atom. The number of nitrogens with two attached hydrogens (primary N) is 1. The first-order chi connectivity index (χ1) is 26.4. The molecule has 16 heteroatoms. The molecule has 2 unspecified atom stereocenters. The summed E-state index contributed by atoms with van der Waals surface area (Å²) in [6.45, 7) is 11.1. The average molecular weight is 783 g/mol. The van der Waals surface area contributed by atoms with Crippen LogP contribution in [0.1, 0.15) is 38.3 Å². The Kier molecular flexibility index (Phi) is 24.6. The monoisotopic (exact) mass is 782 g/mol. The molecular formula is C39H62N10O5S. The van der Waals surface area contributed by atoms with Crippen LogP contribution < -0.4 is 31.7 Å². The van der Waals surface area contributed by atoms with Crippen molar-refractivity contribution in [1.82, 2.24) is 29.5 Å². The highest BCUT2D eigenvalue weighted by molar-refractivity contribution is 7.80. The molecule has 3 rings (SSSR count). The van der Waals surface area contributed by atoms with Crippen LogP contribution in [0.4, 0.5) is 11.4 Å². The first kappa shape index (κ1) is 48.4. The Morgan fingerprint density at radius 2 is 1.35 bits per heavy atom. The third-order valence-corrected chi connectivity index (χ3v) is 9.12. The lowest BCUT2D eigenvalue weighted by molar-refractivity contribution is -0.126. The fraction of sp³-hybridized carbons (Fsp3) is 0.462. The molecule has 1 fully saturated rings. The Bertz CT molecular complexity index is 1560. The molecule has 0 saturated carbocycles. The van der Waals surface area contributed by atoms with Crippen molar-refractivity contribution in [2.45, 2.75) is 46.6 Å². The predicted molar refractivity (Wildman–Crippen MR) is 224 cm³/mol. The van der Waals surface area contributed by atoms with Crippen molar-refractivity contribution >= 4 is 52.4 Å². The standard InChI is InChI=1S/C36H51N9O5S.C2H6.CH5N/c1-5-28(8-6-7-17-37)23-38-33(46)24-39-36(49)32(42-51(50)43(3)4)22-29-11-15-31(16-12-29)41-35(48)26-45-20-18-44(19-21-45)25-34(47)40-30-13-9-27(2)10-14-30;2*1-2/h5-6,8-17,32,37,42H,7,18-26H2,1-4H3,(H,38,46)(H,39,49)(H,40,47)(H,41,48);1-2H3;2H2,1H3/b8-6-,28-5+,37-17?;;. The second-order valence-corrected chi connectivity index (χ2v) is 13.8. The quantitative estimate of drug-likeness (QED) is 0.0830. The molecule has 2 aromatic rings. The Hall–Kier alpha value is -4.58. The van der Waals surface area contributed by atoms with Crippen LogP contribution in [0.5, 0.6) is 0 Å². The van der Waals surface area contributed by atoms with Crippen molar-refractivity contribution in [3.8, 4) is 0 Å². The zero-order valence-corrected chi connectivity index (χ0v) is 34.3. The van der Waals surface area contributed by atoms with Gasteiger partial charge >= 0.3 is 0 Å². The minimum absolute atomic E-state index is 0.0653. The van der Waals surface area contributed by atoms with E-state index < -0.39 is 23.1 Å². The lowest BCUT2D eigenvalue weighted by Gasteiger charge is -2.33. The van der Waals surface area contributed by atoms with Crippen molar-refractivity contribution in [2.24, 2.45) is 5.73 Å². The van der Waals surface area contributed by atoms with Gasteiger partial charge in [0.15, 0.2) is 11.2 Å². The molecule has 15 nitrogen and oxygen atoms in total. The fourth-order valence-electron chi connectivity index (χ4n) is 5.02. The number of aryl methyl sites for hydroxylation is 1. The van der Waals surface area contributed by atoms with E-state index in [0.29, 0.717) is 44.8 Å². The minimum atomic E-state index is -1.65. The van der Waals surface area contributed by atoms with Gasteiger partial charge in [0.1, 0.15) is 6.04 Å². The van der Waals surface area contributed by atoms with Crippen LogP contribution in [-0.4, -0.2) is 128 Å². The van der Waals surface area contributed by atoms with E-state index in [2.05, 4.69) is 41.5 Å². The Balaban J connectivity index is 0.00000365. The minimum Gasteiger partial charge on any atom is -0.351 e. The number of nitrogens with zero attached hydrogens (tertiary/aromatic N) is 3. The molecule has 0 aliphatic carbocycles. The number of benzene rings is 2. The summed E-state index contributed by atoms with van der Waals surface area (Å²) < 4.78 is 16.8. The van der Waals surface area contributed by atoms with Crippen molar-refractivity contribution in [3.63, 3.8) is 0 Å². The maximum absolute atomic E-state index is 13.1. The van der Waals surface area contributed by atoms with Crippen LogP contribution in [0.2, 0.25) is 0 Å². The van der Waals surface area contributed by atoms with Gasteiger partial charge in [0.2, 0.25) is 23.6 Å². The number of hydrogen-bond donors (Lipinski definition) is 7. The SMILES string of the molecule is C/C=C(\C=C/CC=N)CNC(=O)CNC(=O)C(Cc1ccc(NC(=O)CN2CCN(CC(=O)Nc3ccc(C)cc3)CC2)cc1)NS(=O)N(C)C.CC.CN. The number of amides is 4.